The average molecular weight is 372 g/mol. The quantitative estimate of drug-likeness (QED) is 0.866. The standard InChI is InChI=1S/C23H33NO3/c1-16(2)17-5-4-6-20(11-17)27-19-7-9-23(10-8-19)14-24(15-23)21(25)18-12-22(3,26)13-18/h4-6,11,16,18-19,26H,7-10,12-15H2,1-3H3. The zero-order chi connectivity index (χ0) is 19.2. The van der Waals surface area contributed by atoms with Crippen molar-refractivity contribution < 1.29 is 14.6 Å². The summed E-state index contributed by atoms with van der Waals surface area (Å²) in [7, 11) is 0. The van der Waals surface area contributed by atoms with Gasteiger partial charge in [-0.25, -0.2) is 0 Å². The fourth-order valence-electron chi connectivity index (χ4n) is 5.13. The highest BCUT2D eigenvalue weighted by molar-refractivity contribution is 5.81. The zero-order valence-corrected chi connectivity index (χ0v) is 16.9. The molecule has 27 heavy (non-hydrogen) atoms. The Labute approximate surface area is 162 Å². The summed E-state index contributed by atoms with van der Waals surface area (Å²) in [4.78, 5) is 14.5. The second kappa shape index (κ2) is 6.80. The van der Waals surface area contributed by atoms with Crippen molar-refractivity contribution in [1.29, 1.82) is 0 Å². The van der Waals surface area contributed by atoms with E-state index in [1.165, 1.54) is 5.56 Å². The summed E-state index contributed by atoms with van der Waals surface area (Å²) in [6, 6.07) is 8.48. The molecule has 1 heterocycles. The molecule has 0 aromatic heterocycles. The second-order valence-corrected chi connectivity index (χ2v) is 9.84. The Morgan fingerprint density at radius 3 is 2.48 bits per heavy atom. The predicted octanol–water partition coefficient (Wildman–Crippen LogP) is 4.12. The van der Waals surface area contributed by atoms with Crippen molar-refractivity contribution in [3.63, 3.8) is 0 Å². The first-order valence-corrected chi connectivity index (χ1v) is 10.5. The lowest BCUT2D eigenvalue weighted by molar-refractivity contribution is -0.164. The van der Waals surface area contributed by atoms with Gasteiger partial charge in [-0.2, -0.15) is 0 Å². The molecule has 1 N–H and O–H groups in total. The molecule has 1 spiro atoms. The summed E-state index contributed by atoms with van der Waals surface area (Å²) < 4.78 is 6.26. The third-order valence-electron chi connectivity index (χ3n) is 6.91. The monoisotopic (exact) mass is 371 g/mol. The van der Waals surface area contributed by atoms with Gasteiger partial charge in [0.05, 0.1) is 11.7 Å². The second-order valence-electron chi connectivity index (χ2n) is 9.84. The third kappa shape index (κ3) is 3.87. The van der Waals surface area contributed by atoms with Gasteiger partial charge >= 0.3 is 0 Å². The lowest BCUT2D eigenvalue weighted by Gasteiger charge is -2.55. The molecule has 3 aliphatic rings. The van der Waals surface area contributed by atoms with Crippen LogP contribution >= 0.6 is 0 Å². The van der Waals surface area contributed by atoms with Crippen molar-refractivity contribution >= 4 is 5.91 Å². The number of likely N-dealkylation sites (tertiary alicyclic amines) is 1. The predicted molar refractivity (Wildman–Crippen MR) is 106 cm³/mol. The number of hydrogen-bond acceptors (Lipinski definition) is 3. The molecule has 4 nitrogen and oxygen atoms in total. The van der Waals surface area contributed by atoms with E-state index in [0.29, 0.717) is 30.3 Å². The molecule has 148 valence electrons. The highest BCUT2D eigenvalue weighted by atomic mass is 16.5. The zero-order valence-electron chi connectivity index (χ0n) is 16.9. The van der Waals surface area contributed by atoms with E-state index in [0.717, 1.165) is 44.5 Å². The maximum atomic E-state index is 12.5. The Hall–Kier alpha value is -1.55. The lowest BCUT2D eigenvalue weighted by Crippen LogP contribution is -2.63. The van der Waals surface area contributed by atoms with Crippen LogP contribution in [-0.2, 0) is 4.79 Å². The molecule has 1 aromatic rings. The minimum Gasteiger partial charge on any atom is -0.490 e. The molecule has 3 fully saturated rings. The SMILES string of the molecule is CC(C)c1cccc(OC2CCC3(CC2)CN(C(=O)C2CC(C)(O)C2)C3)c1. The van der Waals surface area contributed by atoms with E-state index < -0.39 is 5.60 Å². The third-order valence-corrected chi connectivity index (χ3v) is 6.91. The number of hydrogen-bond donors (Lipinski definition) is 1. The Morgan fingerprint density at radius 2 is 1.89 bits per heavy atom. The van der Waals surface area contributed by atoms with Gasteiger partial charge in [0, 0.05) is 24.4 Å². The molecular weight excluding hydrogens is 338 g/mol. The molecule has 0 atom stereocenters. The molecule has 0 bridgehead atoms. The summed E-state index contributed by atoms with van der Waals surface area (Å²) in [5.41, 5.74) is 1.02. The molecule has 0 unspecified atom stereocenters. The van der Waals surface area contributed by atoms with E-state index in [9.17, 15) is 9.90 Å². The summed E-state index contributed by atoms with van der Waals surface area (Å²) in [6.07, 6.45) is 5.99. The summed E-state index contributed by atoms with van der Waals surface area (Å²) in [5, 5.41) is 9.86. The van der Waals surface area contributed by atoms with E-state index in [4.69, 9.17) is 4.74 Å². The van der Waals surface area contributed by atoms with Crippen molar-refractivity contribution in [2.45, 2.75) is 76.9 Å². The molecule has 1 aromatic carbocycles. The minimum absolute atomic E-state index is 0.0465. The lowest BCUT2D eigenvalue weighted by atomic mass is 9.66. The molecule has 0 radical (unpaired) electrons. The van der Waals surface area contributed by atoms with Crippen LogP contribution in [0.3, 0.4) is 0 Å². The highest BCUT2D eigenvalue weighted by Crippen LogP contribution is 2.47. The van der Waals surface area contributed by atoms with Gasteiger partial charge in [-0.15, -0.1) is 0 Å². The van der Waals surface area contributed by atoms with Gasteiger partial charge in [-0.3, -0.25) is 4.79 Å². The fraction of sp³-hybridized carbons (Fsp3) is 0.696. The van der Waals surface area contributed by atoms with Crippen LogP contribution in [0.25, 0.3) is 0 Å². The maximum Gasteiger partial charge on any atom is 0.225 e. The first-order chi connectivity index (χ1) is 12.8. The Morgan fingerprint density at radius 1 is 1.22 bits per heavy atom. The fourth-order valence-corrected chi connectivity index (χ4v) is 5.13. The van der Waals surface area contributed by atoms with E-state index >= 15 is 0 Å². The molecule has 1 aliphatic heterocycles. The van der Waals surface area contributed by atoms with Crippen LogP contribution in [0.2, 0.25) is 0 Å². The minimum atomic E-state index is -0.620. The van der Waals surface area contributed by atoms with Crippen LogP contribution in [0.15, 0.2) is 24.3 Å². The van der Waals surface area contributed by atoms with Crippen molar-refractivity contribution in [2.24, 2.45) is 11.3 Å². The number of rotatable bonds is 4. The van der Waals surface area contributed by atoms with Gasteiger partial charge in [0.1, 0.15) is 5.75 Å². The van der Waals surface area contributed by atoms with Crippen LogP contribution in [0.5, 0.6) is 5.75 Å². The first-order valence-electron chi connectivity index (χ1n) is 10.5. The smallest absolute Gasteiger partial charge is 0.225 e. The van der Waals surface area contributed by atoms with E-state index in [-0.39, 0.29) is 11.8 Å². The summed E-state index contributed by atoms with van der Waals surface area (Å²) in [6.45, 7) is 8.04. The normalized spacial score (nSPS) is 30.1. The van der Waals surface area contributed by atoms with E-state index in [1.807, 2.05) is 11.8 Å². The van der Waals surface area contributed by atoms with Crippen LogP contribution in [-0.4, -0.2) is 40.7 Å². The van der Waals surface area contributed by atoms with Gasteiger partial charge in [-0.1, -0.05) is 26.0 Å². The molecule has 2 aliphatic carbocycles. The van der Waals surface area contributed by atoms with Gasteiger partial charge in [0.2, 0.25) is 5.91 Å². The Balaban J connectivity index is 1.24. The van der Waals surface area contributed by atoms with Crippen LogP contribution in [0, 0.1) is 11.3 Å². The number of carbonyl (C=O) groups is 1. The Bertz CT molecular complexity index is 687. The molecule has 1 amide bonds. The van der Waals surface area contributed by atoms with E-state index in [2.05, 4.69) is 38.1 Å². The summed E-state index contributed by atoms with van der Waals surface area (Å²) in [5.74, 6) is 1.81. The van der Waals surface area contributed by atoms with Gasteiger partial charge < -0.3 is 14.7 Å². The van der Waals surface area contributed by atoms with Crippen LogP contribution in [0.1, 0.15) is 70.8 Å². The van der Waals surface area contributed by atoms with Gasteiger partial charge in [0.15, 0.2) is 0 Å². The maximum absolute atomic E-state index is 12.5. The van der Waals surface area contributed by atoms with E-state index in [1.54, 1.807) is 0 Å². The number of amides is 1. The Kier molecular flexibility index (Phi) is 4.74. The van der Waals surface area contributed by atoms with Crippen LogP contribution < -0.4 is 4.74 Å². The largest absolute Gasteiger partial charge is 0.490 e. The summed E-state index contributed by atoms with van der Waals surface area (Å²) >= 11 is 0. The van der Waals surface area contributed by atoms with Crippen molar-refractivity contribution in [2.75, 3.05) is 13.1 Å². The number of aliphatic hydroxyl groups is 1. The van der Waals surface area contributed by atoms with Crippen molar-refractivity contribution in [3.05, 3.63) is 29.8 Å². The molecule has 2 saturated carbocycles. The first kappa shape index (κ1) is 18.8. The van der Waals surface area contributed by atoms with Crippen LogP contribution in [0.4, 0.5) is 0 Å². The highest BCUT2D eigenvalue weighted by Gasteiger charge is 2.51. The molecule has 4 rings (SSSR count). The van der Waals surface area contributed by atoms with Crippen molar-refractivity contribution in [1.82, 2.24) is 4.90 Å². The topological polar surface area (TPSA) is 49.8 Å². The van der Waals surface area contributed by atoms with Gasteiger partial charge in [0.25, 0.3) is 0 Å². The van der Waals surface area contributed by atoms with Crippen molar-refractivity contribution in [3.8, 4) is 5.75 Å². The number of carbonyl (C=O) groups excluding carboxylic acids is 1. The number of ether oxygens (including phenoxy) is 1. The molecular formula is C23H33NO3. The number of benzene rings is 1. The average Bonchev–Trinajstić information content (AvgIpc) is 2.58. The van der Waals surface area contributed by atoms with Gasteiger partial charge in [-0.05, 0) is 69.1 Å². The molecule has 1 saturated heterocycles. The molecule has 4 heteroatoms. The number of nitrogens with zero attached hydrogens (tertiary/aromatic N) is 1.